The molecule has 0 saturated heterocycles. The summed E-state index contributed by atoms with van der Waals surface area (Å²) in [6.45, 7) is 7.05. The molecule has 0 radical (unpaired) electrons. The topological polar surface area (TPSA) is 54.9 Å². The standard InChI is InChI=1S/C21H27N3O2S/c1-15(2)11-12-26-19-10-7-17(13-20(19)25-4)14-22-24-21(27)23-18-8-5-16(3)6-9-18/h5-10,13-15H,11-12H2,1-4H3,(H2,23,24,27). The molecule has 0 unspecified atom stereocenters. The predicted octanol–water partition coefficient (Wildman–Crippen LogP) is 4.75. The van der Waals surface area contributed by atoms with Crippen molar-refractivity contribution in [1.82, 2.24) is 5.43 Å². The smallest absolute Gasteiger partial charge is 0.191 e. The Balaban J connectivity index is 1.89. The third-order valence-electron chi connectivity index (χ3n) is 3.83. The van der Waals surface area contributed by atoms with Gasteiger partial charge in [-0.1, -0.05) is 31.5 Å². The second-order valence-corrected chi connectivity index (χ2v) is 7.04. The number of aryl methyl sites for hydroxylation is 1. The highest BCUT2D eigenvalue weighted by Gasteiger charge is 2.06. The summed E-state index contributed by atoms with van der Waals surface area (Å²) >= 11 is 5.24. The van der Waals surface area contributed by atoms with Gasteiger partial charge in [-0.05, 0) is 67.4 Å². The summed E-state index contributed by atoms with van der Waals surface area (Å²) in [4.78, 5) is 0. The van der Waals surface area contributed by atoms with E-state index in [9.17, 15) is 0 Å². The van der Waals surface area contributed by atoms with Crippen LogP contribution in [0.25, 0.3) is 0 Å². The normalized spacial score (nSPS) is 10.9. The summed E-state index contributed by atoms with van der Waals surface area (Å²) in [5.74, 6) is 2.02. The minimum atomic E-state index is 0.427. The molecule has 0 aromatic heterocycles. The van der Waals surface area contributed by atoms with E-state index >= 15 is 0 Å². The number of benzene rings is 2. The maximum atomic E-state index is 5.80. The molecule has 27 heavy (non-hydrogen) atoms. The van der Waals surface area contributed by atoms with Crippen molar-refractivity contribution < 1.29 is 9.47 Å². The molecule has 0 saturated carbocycles. The van der Waals surface area contributed by atoms with Crippen molar-refractivity contribution in [2.75, 3.05) is 19.0 Å². The van der Waals surface area contributed by atoms with Gasteiger partial charge in [0, 0.05) is 5.69 Å². The molecule has 0 atom stereocenters. The molecule has 5 nitrogen and oxygen atoms in total. The summed E-state index contributed by atoms with van der Waals surface area (Å²) in [5.41, 5.74) is 5.81. The fourth-order valence-electron chi connectivity index (χ4n) is 2.25. The first-order chi connectivity index (χ1) is 13.0. The van der Waals surface area contributed by atoms with Crippen LogP contribution < -0.4 is 20.2 Å². The van der Waals surface area contributed by atoms with Crippen molar-refractivity contribution in [3.63, 3.8) is 0 Å². The second kappa shape index (κ2) is 10.5. The molecule has 0 amide bonds. The SMILES string of the molecule is COc1cc(C=NNC(=S)Nc2ccc(C)cc2)ccc1OCCC(C)C. The van der Waals surface area contributed by atoms with Gasteiger partial charge >= 0.3 is 0 Å². The zero-order chi connectivity index (χ0) is 19.6. The van der Waals surface area contributed by atoms with Gasteiger partial charge in [-0.25, -0.2) is 0 Å². The quantitative estimate of drug-likeness (QED) is 0.390. The summed E-state index contributed by atoms with van der Waals surface area (Å²) in [7, 11) is 1.63. The molecule has 0 aliphatic rings. The molecule has 2 N–H and O–H groups in total. The van der Waals surface area contributed by atoms with E-state index in [-0.39, 0.29) is 0 Å². The molecule has 0 aliphatic carbocycles. The summed E-state index contributed by atoms with van der Waals surface area (Å²) < 4.78 is 11.2. The first-order valence-corrected chi connectivity index (χ1v) is 9.36. The number of ether oxygens (including phenoxy) is 2. The monoisotopic (exact) mass is 385 g/mol. The average molecular weight is 386 g/mol. The van der Waals surface area contributed by atoms with Crippen LogP contribution in [-0.4, -0.2) is 25.0 Å². The third kappa shape index (κ3) is 7.27. The highest BCUT2D eigenvalue weighted by Crippen LogP contribution is 2.27. The van der Waals surface area contributed by atoms with Gasteiger partial charge in [0.1, 0.15) is 0 Å². The molecule has 2 aromatic rings. The van der Waals surface area contributed by atoms with Crippen molar-refractivity contribution in [2.24, 2.45) is 11.0 Å². The molecule has 144 valence electrons. The number of nitrogens with zero attached hydrogens (tertiary/aromatic N) is 1. The van der Waals surface area contributed by atoms with E-state index in [4.69, 9.17) is 21.7 Å². The van der Waals surface area contributed by atoms with Gasteiger partial charge in [0.15, 0.2) is 16.6 Å². The van der Waals surface area contributed by atoms with Crippen LogP contribution in [0, 0.1) is 12.8 Å². The van der Waals surface area contributed by atoms with Gasteiger partial charge in [-0.15, -0.1) is 0 Å². The van der Waals surface area contributed by atoms with E-state index < -0.39 is 0 Å². The van der Waals surface area contributed by atoms with Crippen LogP contribution in [0.4, 0.5) is 5.69 Å². The molecule has 0 spiro atoms. The van der Waals surface area contributed by atoms with Crippen molar-refractivity contribution >= 4 is 29.2 Å². The zero-order valence-electron chi connectivity index (χ0n) is 16.3. The fraction of sp³-hybridized carbons (Fsp3) is 0.333. The van der Waals surface area contributed by atoms with Gasteiger partial charge in [0.05, 0.1) is 19.9 Å². The summed E-state index contributed by atoms with van der Waals surface area (Å²) in [5, 5.41) is 7.68. The number of nitrogens with one attached hydrogen (secondary N) is 2. The van der Waals surface area contributed by atoms with Gasteiger partial charge in [-0.3, -0.25) is 5.43 Å². The van der Waals surface area contributed by atoms with E-state index in [2.05, 4.69) is 29.7 Å². The van der Waals surface area contributed by atoms with E-state index in [1.54, 1.807) is 13.3 Å². The Hall–Kier alpha value is -2.60. The van der Waals surface area contributed by atoms with Gasteiger partial charge in [0.2, 0.25) is 0 Å². The Kier molecular flexibility index (Phi) is 8.07. The number of thiocarbonyl (C=S) groups is 1. The zero-order valence-corrected chi connectivity index (χ0v) is 17.1. The third-order valence-corrected chi connectivity index (χ3v) is 4.02. The number of methoxy groups -OCH3 is 1. The van der Waals surface area contributed by atoms with Crippen LogP contribution in [0.1, 0.15) is 31.4 Å². The van der Waals surface area contributed by atoms with E-state index in [0.29, 0.717) is 23.4 Å². The van der Waals surface area contributed by atoms with E-state index in [0.717, 1.165) is 23.4 Å². The lowest BCUT2D eigenvalue weighted by Gasteiger charge is -2.12. The minimum Gasteiger partial charge on any atom is -0.493 e. The highest BCUT2D eigenvalue weighted by molar-refractivity contribution is 7.80. The van der Waals surface area contributed by atoms with Gasteiger partial charge in [0.25, 0.3) is 0 Å². The molecule has 2 rings (SSSR count). The molecule has 0 bridgehead atoms. The van der Waals surface area contributed by atoms with Crippen molar-refractivity contribution in [2.45, 2.75) is 27.2 Å². The maximum absolute atomic E-state index is 5.80. The molecule has 2 aromatic carbocycles. The number of rotatable bonds is 8. The molecular weight excluding hydrogens is 358 g/mol. The largest absolute Gasteiger partial charge is 0.493 e. The van der Waals surface area contributed by atoms with Crippen molar-refractivity contribution in [1.29, 1.82) is 0 Å². The Bertz CT molecular complexity index is 773. The Morgan fingerprint density at radius 1 is 1.15 bits per heavy atom. The van der Waals surface area contributed by atoms with Crippen LogP contribution >= 0.6 is 12.2 Å². The van der Waals surface area contributed by atoms with Crippen LogP contribution in [0.2, 0.25) is 0 Å². The lowest BCUT2D eigenvalue weighted by atomic mass is 10.1. The predicted molar refractivity (Wildman–Crippen MR) is 116 cm³/mol. The van der Waals surface area contributed by atoms with Crippen LogP contribution in [0.15, 0.2) is 47.6 Å². The molecule has 0 heterocycles. The van der Waals surface area contributed by atoms with Gasteiger partial charge in [-0.2, -0.15) is 5.10 Å². The van der Waals surface area contributed by atoms with Crippen molar-refractivity contribution in [3.8, 4) is 11.5 Å². The second-order valence-electron chi connectivity index (χ2n) is 6.63. The Labute approximate surface area is 166 Å². The maximum Gasteiger partial charge on any atom is 0.191 e. The van der Waals surface area contributed by atoms with Crippen LogP contribution in [0.3, 0.4) is 0 Å². The van der Waals surface area contributed by atoms with Crippen LogP contribution in [0.5, 0.6) is 11.5 Å². The Morgan fingerprint density at radius 2 is 1.89 bits per heavy atom. The highest BCUT2D eigenvalue weighted by atomic mass is 32.1. The number of hydrogen-bond donors (Lipinski definition) is 2. The number of hydrazone groups is 1. The molecule has 0 fully saturated rings. The summed E-state index contributed by atoms with van der Waals surface area (Å²) in [6.07, 6.45) is 2.69. The van der Waals surface area contributed by atoms with E-state index in [1.165, 1.54) is 5.56 Å². The summed E-state index contributed by atoms with van der Waals surface area (Å²) in [6, 6.07) is 13.7. The van der Waals surface area contributed by atoms with Gasteiger partial charge < -0.3 is 14.8 Å². The number of anilines is 1. The van der Waals surface area contributed by atoms with Crippen molar-refractivity contribution in [3.05, 3.63) is 53.6 Å². The molecule has 0 aliphatic heterocycles. The molecule has 6 heteroatoms. The average Bonchev–Trinajstić information content (AvgIpc) is 2.64. The lowest BCUT2D eigenvalue weighted by molar-refractivity contribution is 0.273. The van der Waals surface area contributed by atoms with Crippen LogP contribution in [-0.2, 0) is 0 Å². The fourth-order valence-corrected chi connectivity index (χ4v) is 2.42. The van der Waals surface area contributed by atoms with E-state index in [1.807, 2.05) is 49.4 Å². The first-order valence-electron chi connectivity index (χ1n) is 8.95. The minimum absolute atomic E-state index is 0.427. The molecular formula is C21H27N3O2S. The lowest BCUT2D eigenvalue weighted by Crippen LogP contribution is -2.23. The Morgan fingerprint density at radius 3 is 2.56 bits per heavy atom. The number of hydrogen-bond acceptors (Lipinski definition) is 4. The first kappa shape index (κ1) is 20.7.